The van der Waals surface area contributed by atoms with E-state index < -0.39 is 0 Å². The van der Waals surface area contributed by atoms with Crippen LogP contribution in [0.1, 0.15) is 40.1 Å². The van der Waals surface area contributed by atoms with Gasteiger partial charge in [0.2, 0.25) is 0 Å². The summed E-state index contributed by atoms with van der Waals surface area (Å²) >= 11 is 0. The first-order valence-corrected chi connectivity index (χ1v) is 13.4. The summed E-state index contributed by atoms with van der Waals surface area (Å²) < 4.78 is 0. The van der Waals surface area contributed by atoms with E-state index >= 15 is 0 Å². The van der Waals surface area contributed by atoms with E-state index in [4.69, 9.17) is 9.97 Å². The van der Waals surface area contributed by atoms with Crippen molar-refractivity contribution in [2.45, 2.75) is 39.4 Å². The van der Waals surface area contributed by atoms with Crippen molar-refractivity contribution in [1.82, 2.24) is 34.7 Å². The molecule has 0 spiro atoms. The molecule has 0 amide bonds. The zero-order chi connectivity index (χ0) is 25.8. The van der Waals surface area contributed by atoms with Crippen molar-refractivity contribution in [2.75, 3.05) is 20.1 Å². The predicted octanol–water partition coefficient (Wildman–Crippen LogP) is 5.77. The summed E-state index contributed by atoms with van der Waals surface area (Å²) in [6.45, 7) is 7.81. The highest BCUT2D eigenvalue weighted by atomic mass is 15.2. The molecule has 6 aromatic rings. The highest BCUT2D eigenvalue weighted by Gasteiger charge is 2.32. The summed E-state index contributed by atoms with van der Waals surface area (Å²) in [5, 5.41) is 1.34. The maximum atomic E-state index is 5.08. The molecule has 0 aliphatic carbocycles. The van der Waals surface area contributed by atoms with Crippen LogP contribution >= 0.6 is 0 Å². The second kappa shape index (κ2) is 9.11. The molecular weight excluding hydrogens is 470 g/mol. The topological polar surface area (TPSA) is 79.6 Å². The lowest BCUT2D eigenvalue weighted by atomic mass is 9.95. The summed E-state index contributed by atoms with van der Waals surface area (Å²) in [5.74, 6) is 2.06. The molecule has 1 atom stereocenters. The monoisotopic (exact) mass is 503 g/mol. The van der Waals surface area contributed by atoms with E-state index in [1.54, 1.807) is 0 Å². The minimum atomic E-state index is 0.190. The number of likely N-dealkylation sites (N-methyl/N-ethyl adjacent to an activating group) is 1. The van der Waals surface area contributed by atoms with E-state index in [9.17, 15) is 0 Å². The molecule has 7 heteroatoms. The molecule has 1 aliphatic rings. The molecule has 1 aliphatic heterocycles. The Balaban J connectivity index is 1.17. The van der Waals surface area contributed by atoms with Gasteiger partial charge in [-0.25, -0.2) is 9.97 Å². The summed E-state index contributed by atoms with van der Waals surface area (Å²) in [4.78, 5) is 25.6. The number of hydrogen-bond donors (Lipinski definition) is 3. The smallest absolute Gasteiger partial charge is 0.125 e. The lowest BCUT2D eigenvalue weighted by molar-refractivity contribution is 0.142. The number of para-hydroxylation sites is 2. The summed E-state index contributed by atoms with van der Waals surface area (Å²) in [7, 11) is 2.17. The Morgan fingerprint density at radius 2 is 1.68 bits per heavy atom. The third-order valence-corrected chi connectivity index (χ3v) is 7.95. The first kappa shape index (κ1) is 23.2. The van der Waals surface area contributed by atoms with Gasteiger partial charge >= 0.3 is 0 Å². The SMILES string of the molecule is Cc1ccc2[nH]c([C@H]3Cc4c([nH]c5cc(C)ccc45)CN3CCN(C)Cc3nc4ccccc4[nH]3)nc2c1. The van der Waals surface area contributed by atoms with E-state index in [2.05, 4.69) is 94.2 Å². The van der Waals surface area contributed by atoms with Crippen molar-refractivity contribution in [2.24, 2.45) is 0 Å². The number of imidazole rings is 2. The minimum Gasteiger partial charge on any atom is -0.357 e. The van der Waals surface area contributed by atoms with Crippen molar-refractivity contribution >= 4 is 33.0 Å². The third-order valence-electron chi connectivity index (χ3n) is 7.95. The highest BCUT2D eigenvalue weighted by Crippen LogP contribution is 2.37. The lowest BCUT2D eigenvalue weighted by Gasteiger charge is -2.35. The van der Waals surface area contributed by atoms with Gasteiger partial charge in [0, 0.05) is 36.2 Å². The Hall–Kier alpha value is -3.94. The van der Waals surface area contributed by atoms with Crippen LogP contribution in [0.5, 0.6) is 0 Å². The predicted molar refractivity (Wildman–Crippen MR) is 153 cm³/mol. The van der Waals surface area contributed by atoms with Crippen molar-refractivity contribution in [3.05, 3.63) is 94.7 Å². The standard InChI is InChI=1S/C31H33N7/c1-19-8-10-21-22-16-29(31-35-25-11-9-20(2)15-27(25)36-31)38(17-28(22)32-26(21)14-19)13-12-37(3)18-30-33-23-6-4-5-7-24(23)34-30/h4-11,14-15,29,32H,12-13,16-18H2,1-3H3,(H,33,34)(H,35,36)/t29-/m1/s1. The maximum absolute atomic E-state index is 5.08. The van der Waals surface area contributed by atoms with Gasteiger partial charge in [-0.2, -0.15) is 0 Å². The first-order valence-electron chi connectivity index (χ1n) is 13.4. The number of benzene rings is 3. The molecule has 0 fully saturated rings. The van der Waals surface area contributed by atoms with Crippen molar-refractivity contribution in [3.8, 4) is 0 Å². The first-order chi connectivity index (χ1) is 18.5. The van der Waals surface area contributed by atoms with Crippen LogP contribution in [-0.4, -0.2) is 54.9 Å². The van der Waals surface area contributed by atoms with Crippen LogP contribution in [0.15, 0.2) is 60.7 Å². The van der Waals surface area contributed by atoms with Crippen LogP contribution in [-0.2, 0) is 19.5 Å². The van der Waals surface area contributed by atoms with E-state index in [0.717, 1.165) is 66.3 Å². The number of H-pyrrole nitrogens is 3. The molecule has 3 N–H and O–H groups in total. The van der Waals surface area contributed by atoms with E-state index in [0.29, 0.717) is 0 Å². The molecule has 3 aromatic carbocycles. The second-order valence-electron chi connectivity index (χ2n) is 10.9. The maximum Gasteiger partial charge on any atom is 0.125 e. The number of rotatable bonds is 6. The number of aryl methyl sites for hydroxylation is 2. The summed E-state index contributed by atoms with van der Waals surface area (Å²) in [6, 6.07) is 21.6. The van der Waals surface area contributed by atoms with Crippen molar-refractivity contribution < 1.29 is 0 Å². The van der Waals surface area contributed by atoms with Gasteiger partial charge in [-0.15, -0.1) is 0 Å². The van der Waals surface area contributed by atoms with Crippen LogP contribution in [0.4, 0.5) is 0 Å². The number of fused-ring (bicyclic) bond motifs is 5. The molecule has 0 saturated carbocycles. The molecule has 0 saturated heterocycles. The average Bonchev–Trinajstić information content (AvgIpc) is 3.60. The van der Waals surface area contributed by atoms with Crippen LogP contribution in [0.25, 0.3) is 33.0 Å². The van der Waals surface area contributed by atoms with Crippen LogP contribution in [0.2, 0.25) is 0 Å². The summed E-state index contributed by atoms with van der Waals surface area (Å²) in [6.07, 6.45) is 0.935. The van der Waals surface area contributed by atoms with Crippen molar-refractivity contribution in [1.29, 1.82) is 0 Å². The van der Waals surface area contributed by atoms with Gasteiger partial charge < -0.3 is 15.0 Å². The Morgan fingerprint density at radius 3 is 2.58 bits per heavy atom. The molecule has 38 heavy (non-hydrogen) atoms. The Labute approximate surface area is 221 Å². The molecule has 0 bridgehead atoms. The number of aromatic amines is 3. The van der Waals surface area contributed by atoms with Crippen molar-refractivity contribution in [3.63, 3.8) is 0 Å². The van der Waals surface area contributed by atoms with Gasteiger partial charge in [0.15, 0.2) is 0 Å². The second-order valence-corrected chi connectivity index (χ2v) is 10.9. The van der Waals surface area contributed by atoms with E-state index in [-0.39, 0.29) is 6.04 Å². The van der Waals surface area contributed by atoms with Gasteiger partial charge in [-0.1, -0.05) is 30.3 Å². The zero-order valence-electron chi connectivity index (χ0n) is 22.2. The van der Waals surface area contributed by atoms with Gasteiger partial charge in [0.1, 0.15) is 11.6 Å². The van der Waals surface area contributed by atoms with Gasteiger partial charge in [0.25, 0.3) is 0 Å². The Morgan fingerprint density at radius 1 is 0.868 bits per heavy atom. The van der Waals surface area contributed by atoms with Crippen LogP contribution < -0.4 is 0 Å². The zero-order valence-corrected chi connectivity index (χ0v) is 22.2. The molecule has 192 valence electrons. The Kier molecular flexibility index (Phi) is 5.56. The molecule has 7 rings (SSSR count). The van der Waals surface area contributed by atoms with Gasteiger partial charge in [-0.3, -0.25) is 9.80 Å². The van der Waals surface area contributed by atoms with E-state index in [1.807, 2.05) is 12.1 Å². The lowest BCUT2D eigenvalue weighted by Crippen LogP contribution is -2.39. The van der Waals surface area contributed by atoms with E-state index in [1.165, 1.54) is 33.3 Å². The fourth-order valence-electron chi connectivity index (χ4n) is 5.94. The number of nitrogens with zero attached hydrogens (tertiary/aromatic N) is 4. The van der Waals surface area contributed by atoms with Gasteiger partial charge in [-0.05, 0) is 74.3 Å². The molecule has 0 radical (unpaired) electrons. The number of nitrogens with one attached hydrogen (secondary N) is 3. The molecular formula is C31H33N7. The quantitative estimate of drug-likeness (QED) is 0.270. The Bertz CT molecular complexity index is 1740. The normalized spacial score (nSPS) is 16.3. The summed E-state index contributed by atoms with van der Waals surface area (Å²) in [5.41, 5.74) is 10.8. The third kappa shape index (κ3) is 4.18. The molecule has 0 unspecified atom stereocenters. The van der Waals surface area contributed by atoms with Crippen LogP contribution in [0.3, 0.4) is 0 Å². The minimum absolute atomic E-state index is 0.190. The number of hydrogen-bond acceptors (Lipinski definition) is 4. The largest absolute Gasteiger partial charge is 0.357 e. The average molecular weight is 504 g/mol. The van der Waals surface area contributed by atoms with Crippen LogP contribution in [0, 0.1) is 13.8 Å². The number of aromatic nitrogens is 5. The fourth-order valence-corrected chi connectivity index (χ4v) is 5.94. The highest BCUT2D eigenvalue weighted by molar-refractivity contribution is 5.85. The van der Waals surface area contributed by atoms with Gasteiger partial charge in [0.05, 0.1) is 34.7 Å². The fraction of sp³-hybridized carbons (Fsp3) is 0.290. The molecule has 4 heterocycles. The molecule has 7 nitrogen and oxygen atoms in total. The molecule has 3 aromatic heterocycles.